The summed E-state index contributed by atoms with van der Waals surface area (Å²) in [6.07, 6.45) is 0. The number of nitrogens with zero attached hydrogens (tertiary/aromatic N) is 1. The summed E-state index contributed by atoms with van der Waals surface area (Å²) in [7, 11) is 0. The van der Waals surface area contributed by atoms with Crippen LogP contribution in [0.5, 0.6) is 17.2 Å². The normalized spacial score (nSPS) is 12.2. The molecule has 0 aromatic heterocycles. The Balaban J connectivity index is 1.70. The van der Waals surface area contributed by atoms with E-state index in [1.54, 1.807) is 18.2 Å². The van der Waals surface area contributed by atoms with Crippen LogP contribution in [0.25, 0.3) is 0 Å². The van der Waals surface area contributed by atoms with Gasteiger partial charge in [-0.05, 0) is 29.8 Å². The number of rotatable bonds is 4. The number of benzene rings is 2. The molecule has 0 fully saturated rings. The van der Waals surface area contributed by atoms with Crippen molar-refractivity contribution in [2.24, 2.45) is 0 Å². The minimum absolute atomic E-state index is 0.0918. The highest BCUT2D eigenvalue weighted by molar-refractivity contribution is 5.47. The van der Waals surface area contributed by atoms with Crippen molar-refractivity contribution in [3.05, 3.63) is 57.9 Å². The van der Waals surface area contributed by atoms with Gasteiger partial charge in [0, 0.05) is 12.1 Å². The third-order valence-electron chi connectivity index (χ3n) is 2.96. The Morgan fingerprint density at radius 3 is 2.76 bits per heavy atom. The lowest BCUT2D eigenvalue weighted by molar-refractivity contribution is -0.387. The van der Waals surface area contributed by atoms with Gasteiger partial charge in [-0.2, -0.15) is 4.39 Å². The summed E-state index contributed by atoms with van der Waals surface area (Å²) in [5.74, 6) is 0.885. The molecule has 6 nitrogen and oxygen atoms in total. The fourth-order valence-corrected chi connectivity index (χ4v) is 1.92. The third kappa shape index (κ3) is 2.71. The summed E-state index contributed by atoms with van der Waals surface area (Å²) in [6, 6.07) is 8.75. The average molecular weight is 291 g/mol. The lowest BCUT2D eigenvalue weighted by atomic mass is 10.2. The second kappa shape index (κ2) is 5.28. The molecule has 0 bridgehead atoms. The number of halogens is 1. The Kier molecular flexibility index (Phi) is 3.31. The third-order valence-corrected chi connectivity index (χ3v) is 2.96. The lowest BCUT2D eigenvalue weighted by Gasteiger charge is -2.07. The van der Waals surface area contributed by atoms with E-state index in [1.807, 2.05) is 0 Å². The van der Waals surface area contributed by atoms with Gasteiger partial charge in [-0.1, -0.05) is 0 Å². The summed E-state index contributed by atoms with van der Waals surface area (Å²) >= 11 is 0. The summed E-state index contributed by atoms with van der Waals surface area (Å²) in [5.41, 5.74) is -0.0578. The van der Waals surface area contributed by atoms with Crippen molar-refractivity contribution in [3.63, 3.8) is 0 Å². The van der Waals surface area contributed by atoms with Crippen LogP contribution in [0.1, 0.15) is 5.56 Å². The Labute approximate surface area is 118 Å². The highest BCUT2D eigenvalue weighted by Gasteiger charge is 2.15. The van der Waals surface area contributed by atoms with E-state index < -0.39 is 16.4 Å². The minimum Gasteiger partial charge on any atom is -0.489 e. The zero-order valence-corrected chi connectivity index (χ0v) is 10.7. The number of nitro benzene ring substituents is 1. The van der Waals surface area contributed by atoms with Crippen molar-refractivity contribution >= 4 is 5.69 Å². The van der Waals surface area contributed by atoms with Crippen molar-refractivity contribution in [2.45, 2.75) is 6.61 Å². The molecule has 0 saturated heterocycles. The molecule has 0 radical (unpaired) electrons. The number of nitro groups is 1. The van der Waals surface area contributed by atoms with Crippen LogP contribution in [-0.2, 0) is 6.61 Å². The van der Waals surface area contributed by atoms with Gasteiger partial charge in [-0.15, -0.1) is 0 Å². The second-order valence-corrected chi connectivity index (χ2v) is 4.35. The number of hydrogen-bond donors (Lipinski definition) is 0. The van der Waals surface area contributed by atoms with E-state index >= 15 is 0 Å². The maximum atomic E-state index is 13.5. The van der Waals surface area contributed by atoms with Crippen LogP contribution in [0.3, 0.4) is 0 Å². The SMILES string of the molecule is O=[N+]([O-])c1ccc(COc2ccc3c(c2)OCO3)cc1F. The van der Waals surface area contributed by atoms with Gasteiger partial charge < -0.3 is 14.2 Å². The van der Waals surface area contributed by atoms with Gasteiger partial charge in [0.2, 0.25) is 12.6 Å². The Bertz CT molecular complexity index is 704. The molecule has 0 spiro atoms. The molecule has 0 N–H and O–H groups in total. The van der Waals surface area contributed by atoms with E-state index in [4.69, 9.17) is 14.2 Å². The first kappa shape index (κ1) is 13.2. The standard InChI is InChI=1S/C14H10FNO5/c15-11-5-9(1-3-12(11)16(17)18)7-19-10-2-4-13-14(6-10)21-8-20-13/h1-6H,7-8H2. The summed E-state index contributed by atoms with van der Waals surface area (Å²) in [5, 5.41) is 10.5. The number of fused-ring (bicyclic) bond motifs is 1. The van der Waals surface area contributed by atoms with Gasteiger partial charge in [0.15, 0.2) is 11.5 Å². The molecule has 2 aromatic carbocycles. The van der Waals surface area contributed by atoms with E-state index in [0.29, 0.717) is 22.8 Å². The first-order chi connectivity index (χ1) is 10.1. The topological polar surface area (TPSA) is 70.8 Å². The zero-order chi connectivity index (χ0) is 14.8. The number of hydrogen-bond acceptors (Lipinski definition) is 5. The van der Waals surface area contributed by atoms with Gasteiger partial charge in [-0.25, -0.2) is 0 Å². The predicted octanol–water partition coefficient (Wildman–Crippen LogP) is 3.04. The van der Waals surface area contributed by atoms with Crippen LogP contribution >= 0.6 is 0 Å². The molecular weight excluding hydrogens is 281 g/mol. The molecule has 21 heavy (non-hydrogen) atoms. The molecule has 0 aliphatic carbocycles. The quantitative estimate of drug-likeness (QED) is 0.639. The van der Waals surface area contributed by atoms with E-state index in [2.05, 4.69) is 0 Å². The fraction of sp³-hybridized carbons (Fsp3) is 0.143. The molecule has 0 amide bonds. The molecule has 1 aliphatic heterocycles. The molecule has 1 aliphatic rings. The molecule has 108 valence electrons. The highest BCUT2D eigenvalue weighted by Crippen LogP contribution is 2.35. The van der Waals surface area contributed by atoms with Gasteiger partial charge >= 0.3 is 5.69 Å². The first-order valence-corrected chi connectivity index (χ1v) is 6.09. The smallest absolute Gasteiger partial charge is 0.304 e. The molecule has 2 aromatic rings. The monoisotopic (exact) mass is 291 g/mol. The largest absolute Gasteiger partial charge is 0.489 e. The maximum absolute atomic E-state index is 13.5. The predicted molar refractivity (Wildman–Crippen MR) is 70.0 cm³/mol. The van der Waals surface area contributed by atoms with Gasteiger partial charge in [0.25, 0.3) is 0 Å². The van der Waals surface area contributed by atoms with Crippen molar-refractivity contribution < 1.29 is 23.5 Å². The fourth-order valence-electron chi connectivity index (χ4n) is 1.92. The molecule has 0 atom stereocenters. The molecule has 7 heteroatoms. The van der Waals surface area contributed by atoms with Gasteiger partial charge in [0.1, 0.15) is 12.4 Å². The van der Waals surface area contributed by atoms with Crippen LogP contribution < -0.4 is 14.2 Å². The van der Waals surface area contributed by atoms with Gasteiger partial charge in [-0.3, -0.25) is 10.1 Å². The Hall–Kier alpha value is -2.83. The van der Waals surface area contributed by atoms with E-state index in [0.717, 1.165) is 12.1 Å². The summed E-state index contributed by atoms with van der Waals surface area (Å²) in [6.45, 7) is 0.265. The second-order valence-electron chi connectivity index (χ2n) is 4.35. The Morgan fingerprint density at radius 1 is 1.19 bits per heavy atom. The summed E-state index contributed by atoms with van der Waals surface area (Å²) in [4.78, 5) is 9.76. The average Bonchev–Trinajstić information content (AvgIpc) is 2.92. The van der Waals surface area contributed by atoms with E-state index in [-0.39, 0.29) is 13.4 Å². The molecule has 0 saturated carbocycles. The van der Waals surface area contributed by atoms with Crippen LogP contribution in [0.4, 0.5) is 10.1 Å². The van der Waals surface area contributed by atoms with Crippen molar-refractivity contribution in [1.82, 2.24) is 0 Å². The van der Waals surface area contributed by atoms with Crippen LogP contribution in [0, 0.1) is 15.9 Å². The van der Waals surface area contributed by atoms with Crippen molar-refractivity contribution in [3.8, 4) is 17.2 Å². The van der Waals surface area contributed by atoms with Crippen LogP contribution in [0.15, 0.2) is 36.4 Å². The number of ether oxygens (including phenoxy) is 3. The van der Waals surface area contributed by atoms with Crippen LogP contribution in [0.2, 0.25) is 0 Å². The molecule has 3 rings (SSSR count). The minimum atomic E-state index is -0.883. The molecular formula is C14H10FNO5. The molecule has 1 heterocycles. The first-order valence-electron chi connectivity index (χ1n) is 6.09. The summed E-state index contributed by atoms with van der Waals surface area (Å²) < 4.78 is 29.4. The highest BCUT2D eigenvalue weighted by atomic mass is 19.1. The maximum Gasteiger partial charge on any atom is 0.304 e. The Morgan fingerprint density at radius 2 is 2.00 bits per heavy atom. The lowest BCUT2D eigenvalue weighted by Crippen LogP contribution is -1.98. The van der Waals surface area contributed by atoms with Crippen LogP contribution in [-0.4, -0.2) is 11.7 Å². The zero-order valence-electron chi connectivity index (χ0n) is 10.7. The van der Waals surface area contributed by atoms with Crippen molar-refractivity contribution in [1.29, 1.82) is 0 Å². The van der Waals surface area contributed by atoms with Crippen molar-refractivity contribution in [2.75, 3.05) is 6.79 Å². The van der Waals surface area contributed by atoms with E-state index in [1.165, 1.54) is 6.07 Å². The van der Waals surface area contributed by atoms with E-state index in [9.17, 15) is 14.5 Å². The van der Waals surface area contributed by atoms with Gasteiger partial charge in [0.05, 0.1) is 4.92 Å². The molecule has 0 unspecified atom stereocenters.